The molecule has 2 aromatic carbocycles. The number of amides is 2. The Hall–Kier alpha value is -3.54. The van der Waals surface area contributed by atoms with Crippen molar-refractivity contribution in [2.75, 3.05) is 5.32 Å². The summed E-state index contributed by atoms with van der Waals surface area (Å²) in [6.07, 6.45) is 3.09. The summed E-state index contributed by atoms with van der Waals surface area (Å²) in [6.45, 7) is 0.324. The second kappa shape index (κ2) is 8.71. The molecule has 0 saturated heterocycles. The molecule has 3 aromatic rings. The molecular weight excluding hydrogens is 345 g/mol. The molecule has 0 aliphatic rings. The fourth-order valence-electron chi connectivity index (χ4n) is 2.48. The maximum absolute atomic E-state index is 13.6. The van der Waals surface area contributed by atoms with E-state index < -0.39 is 0 Å². The van der Waals surface area contributed by atoms with Crippen LogP contribution in [-0.4, -0.2) is 16.8 Å². The van der Waals surface area contributed by atoms with Gasteiger partial charge < -0.3 is 10.6 Å². The van der Waals surface area contributed by atoms with E-state index >= 15 is 0 Å². The zero-order valence-corrected chi connectivity index (χ0v) is 14.5. The van der Waals surface area contributed by atoms with E-state index in [0.717, 1.165) is 5.56 Å². The number of nitrogens with zero attached hydrogens (tertiary/aromatic N) is 1. The van der Waals surface area contributed by atoms with E-state index in [9.17, 15) is 14.0 Å². The van der Waals surface area contributed by atoms with E-state index in [1.165, 1.54) is 12.3 Å². The normalized spacial score (nSPS) is 10.3. The number of rotatable bonds is 6. The Balaban J connectivity index is 1.51. The highest BCUT2D eigenvalue weighted by molar-refractivity contribution is 6.04. The number of pyridine rings is 1. The minimum atomic E-state index is -0.388. The highest BCUT2D eigenvalue weighted by Crippen LogP contribution is 2.12. The molecule has 6 heteroatoms. The van der Waals surface area contributed by atoms with Gasteiger partial charge in [0.15, 0.2) is 0 Å². The molecule has 0 radical (unpaired) electrons. The Bertz CT molecular complexity index is 928. The smallest absolute Gasteiger partial charge is 0.257 e. The second-order valence-electron chi connectivity index (χ2n) is 5.94. The summed E-state index contributed by atoms with van der Waals surface area (Å²) in [7, 11) is 0. The molecule has 0 saturated carbocycles. The lowest BCUT2D eigenvalue weighted by Gasteiger charge is -2.08. The van der Waals surface area contributed by atoms with Gasteiger partial charge in [0, 0.05) is 24.6 Å². The second-order valence-corrected chi connectivity index (χ2v) is 5.94. The van der Waals surface area contributed by atoms with Gasteiger partial charge in [0.1, 0.15) is 5.82 Å². The van der Waals surface area contributed by atoms with Crippen molar-refractivity contribution in [3.63, 3.8) is 0 Å². The lowest BCUT2D eigenvalue weighted by atomic mass is 10.1. The molecule has 1 aromatic heterocycles. The molecule has 0 atom stereocenters. The summed E-state index contributed by atoms with van der Waals surface area (Å²) in [5, 5.41) is 5.54. The zero-order chi connectivity index (χ0) is 19.1. The number of hydrogen-bond acceptors (Lipinski definition) is 3. The molecular formula is C21H18FN3O2. The van der Waals surface area contributed by atoms with Crippen molar-refractivity contribution >= 4 is 17.5 Å². The third-order valence-corrected chi connectivity index (χ3v) is 3.93. The Morgan fingerprint density at radius 3 is 2.44 bits per heavy atom. The average molecular weight is 363 g/mol. The highest BCUT2D eigenvalue weighted by Gasteiger charge is 2.08. The van der Waals surface area contributed by atoms with E-state index in [1.807, 2.05) is 12.1 Å². The van der Waals surface area contributed by atoms with Crippen molar-refractivity contribution in [1.82, 2.24) is 10.3 Å². The van der Waals surface area contributed by atoms with Crippen molar-refractivity contribution in [2.45, 2.75) is 13.0 Å². The van der Waals surface area contributed by atoms with Crippen molar-refractivity contribution in [1.29, 1.82) is 0 Å². The topological polar surface area (TPSA) is 71.1 Å². The van der Waals surface area contributed by atoms with Crippen LogP contribution in [0.1, 0.15) is 21.5 Å². The Labute approximate surface area is 156 Å². The lowest BCUT2D eigenvalue weighted by Crippen LogP contribution is -2.24. The molecule has 3 rings (SSSR count). The van der Waals surface area contributed by atoms with E-state index in [0.29, 0.717) is 23.4 Å². The van der Waals surface area contributed by atoms with Gasteiger partial charge in [0.2, 0.25) is 5.91 Å². The van der Waals surface area contributed by atoms with Crippen molar-refractivity contribution in [3.05, 3.63) is 95.6 Å². The number of aromatic nitrogens is 1. The number of benzene rings is 2. The van der Waals surface area contributed by atoms with Gasteiger partial charge in [-0.3, -0.25) is 14.6 Å². The average Bonchev–Trinajstić information content (AvgIpc) is 2.70. The summed E-state index contributed by atoms with van der Waals surface area (Å²) in [5.74, 6) is -0.885. The molecule has 0 aliphatic heterocycles. The molecule has 0 fully saturated rings. The summed E-state index contributed by atoms with van der Waals surface area (Å²) < 4.78 is 13.6. The molecule has 0 spiro atoms. The van der Waals surface area contributed by atoms with Crippen LogP contribution >= 0.6 is 0 Å². The van der Waals surface area contributed by atoms with Gasteiger partial charge in [0.25, 0.3) is 5.91 Å². The number of halogens is 1. The summed E-state index contributed by atoms with van der Waals surface area (Å²) in [6, 6.07) is 16.7. The Kier molecular flexibility index (Phi) is 5.89. The minimum absolute atomic E-state index is 0.00801. The van der Waals surface area contributed by atoms with Gasteiger partial charge >= 0.3 is 0 Å². The van der Waals surface area contributed by atoms with Crippen LogP contribution in [-0.2, 0) is 17.8 Å². The van der Waals surface area contributed by atoms with Crippen LogP contribution in [0.4, 0.5) is 10.1 Å². The first-order valence-electron chi connectivity index (χ1n) is 8.42. The van der Waals surface area contributed by atoms with Crippen LogP contribution in [0.15, 0.2) is 73.1 Å². The van der Waals surface area contributed by atoms with Gasteiger partial charge in [-0.1, -0.05) is 30.3 Å². The number of nitrogens with one attached hydrogen (secondary N) is 2. The van der Waals surface area contributed by atoms with E-state index in [2.05, 4.69) is 15.6 Å². The van der Waals surface area contributed by atoms with Gasteiger partial charge in [-0.15, -0.1) is 0 Å². The van der Waals surface area contributed by atoms with E-state index in [-0.39, 0.29) is 24.1 Å². The monoisotopic (exact) mass is 363 g/mol. The molecule has 0 unspecified atom stereocenters. The SMILES string of the molecule is O=C(Cc1ccccc1F)NCc1ccc(NC(=O)c2cccnc2)cc1. The van der Waals surface area contributed by atoms with Crippen LogP contribution in [0.25, 0.3) is 0 Å². The predicted molar refractivity (Wildman–Crippen MR) is 101 cm³/mol. The minimum Gasteiger partial charge on any atom is -0.352 e. The Morgan fingerprint density at radius 2 is 1.74 bits per heavy atom. The molecule has 136 valence electrons. The molecule has 2 amide bonds. The molecule has 0 aliphatic carbocycles. The first-order chi connectivity index (χ1) is 13.1. The first-order valence-corrected chi connectivity index (χ1v) is 8.42. The first kappa shape index (κ1) is 18.3. The molecule has 27 heavy (non-hydrogen) atoms. The standard InChI is InChI=1S/C21H18FN3O2/c22-19-6-2-1-4-16(19)12-20(26)24-13-15-7-9-18(10-8-15)25-21(27)17-5-3-11-23-14-17/h1-11,14H,12-13H2,(H,24,26)(H,25,27). The number of carbonyl (C=O) groups is 2. The third kappa shape index (κ3) is 5.22. The number of anilines is 1. The van der Waals surface area contributed by atoms with Crippen molar-refractivity contribution in [3.8, 4) is 0 Å². The zero-order valence-electron chi connectivity index (χ0n) is 14.5. The molecule has 0 bridgehead atoms. The van der Waals surface area contributed by atoms with Crippen LogP contribution < -0.4 is 10.6 Å². The summed E-state index contributed by atoms with van der Waals surface area (Å²) in [5.41, 5.74) is 2.35. The summed E-state index contributed by atoms with van der Waals surface area (Å²) in [4.78, 5) is 28.0. The van der Waals surface area contributed by atoms with Crippen molar-refractivity contribution in [2.24, 2.45) is 0 Å². The highest BCUT2D eigenvalue weighted by atomic mass is 19.1. The van der Waals surface area contributed by atoms with Crippen LogP contribution in [0, 0.1) is 5.82 Å². The van der Waals surface area contributed by atoms with Gasteiger partial charge in [-0.05, 0) is 41.5 Å². The fourth-order valence-corrected chi connectivity index (χ4v) is 2.48. The molecule has 2 N–H and O–H groups in total. The largest absolute Gasteiger partial charge is 0.352 e. The van der Waals surface area contributed by atoms with Crippen LogP contribution in [0.3, 0.4) is 0 Å². The predicted octanol–water partition coefficient (Wildman–Crippen LogP) is 3.33. The van der Waals surface area contributed by atoms with Gasteiger partial charge in [-0.2, -0.15) is 0 Å². The van der Waals surface area contributed by atoms with Gasteiger partial charge in [-0.25, -0.2) is 4.39 Å². The van der Waals surface area contributed by atoms with E-state index in [4.69, 9.17) is 0 Å². The third-order valence-electron chi connectivity index (χ3n) is 3.93. The Morgan fingerprint density at radius 1 is 0.963 bits per heavy atom. The van der Waals surface area contributed by atoms with Crippen LogP contribution in [0.5, 0.6) is 0 Å². The van der Waals surface area contributed by atoms with Crippen LogP contribution in [0.2, 0.25) is 0 Å². The number of hydrogen-bond donors (Lipinski definition) is 2. The maximum Gasteiger partial charge on any atom is 0.257 e. The molecule has 5 nitrogen and oxygen atoms in total. The number of carbonyl (C=O) groups excluding carboxylic acids is 2. The summed E-state index contributed by atoms with van der Waals surface area (Å²) >= 11 is 0. The quantitative estimate of drug-likeness (QED) is 0.706. The van der Waals surface area contributed by atoms with Gasteiger partial charge in [0.05, 0.1) is 12.0 Å². The molecule has 1 heterocycles. The van der Waals surface area contributed by atoms with E-state index in [1.54, 1.807) is 48.7 Å². The van der Waals surface area contributed by atoms with Crippen molar-refractivity contribution < 1.29 is 14.0 Å². The fraction of sp³-hybridized carbons (Fsp3) is 0.0952. The maximum atomic E-state index is 13.6. The lowest BCUT2D eigenvalue weighted by molar-refractivity contribution is -0.120.